The van der Waals surface area contributed by atoms with Crippen molar-refractivity contribution in [2.75, 3.05) is 7.11 Å². The molecule has 7 nitrogen and oxygen atoms in total. The lowest BCUT2D eigenvalue weighted by Gasteiger charge is -2.23. The first-order valence-corrected chi connectivity index (χ1v) is 11.7. The Morgan fingerprint density at radius 2 is 1.72 bits per heavy atom. The molecular formula is C28H25ClN2O5. The Morgan fingerprint density at radius 3 is 2.39 bits per heavy atom. The minimum absolute atomic E-state index is 0.182. The highest BCUT2D eigenvalue weighted by molar-refractivity contribution is 6.30. The largest absolute Gasteiger partial charge is 0.497 e. The van der Waals surface area contributed by atoms with Gasteiger partial charge in [-0.05, 0) is 80.4 Å². The Morgan fingerprint density at radius 1 is 1.03 bits per heavy atom. The fraction of sp³-hybridized carbons (Fsp3) is 0.214. The highest BCUT2D eigenvalue weighted by atomic mass is 35.5. The standard InChI is InChI=1S/C28H25ClN2O5/c1-17-22(15-19-7-5-6-8-25(19)36-28(2,3)27(33)30-34)23-16-21(35-4)13-14-24(23)31(17)26(32)18-9-11-20(29)12-10-18/h5-14,16H,15H2,1-4H3. The molecule has 3 aromatic carbocycles. The van der Waals surface area contributed by atoms with Gasteiger partial charge >= 0.3 is 5.91 Å². The first-order chi connectivity index (χ1) is 17.2. The molecule has 0 aliphatic carbocycles. The number of hydrogen-bond acceptors (Lipinski definition) is 5. The number of carbonyl (C=O) groups is 2. The maximum atomic E-state index is 13.6. The average Bonchev–Trinajstić information content (AvgIpc) is 3.14. The molecule has 0 saturated heterocycles. The van der Waals surface area contributed by atoms with Crippen LogP contribution in [0.3, 0.4) is 0 Å². The van der Waals surface area contributed by atoms with E-state index >= 15 is 0 Å². The van der Waals surface area contributed by atoms with Crippen LogP contribution in [0.25, 0.3) is 10.9 Å². The normalized spacial score (nSPS) is 11.4. The zero-order chi connectivity index (χ0) is 26.0. The molecule has 1 heterocycles. The molecule has 4 rings (SSSR count). The number of ether oxygens (including phenoxy) is 2. The van der Waals surface area contributed by atoms with E-state index in [1.165, 1.54) is 13.8 Å². The fourth-order valence-corrected chi connectivity index (χ4v) is 4.29. The van der Waals surface area contributed by atoms with E-state index in [1.807, 2.05) is 37.3 Å². The summed E-state index contributed by atoms with van der Waals surface area (Å²) in [7, 11) is 1.59. The van der Waals surface area contributed by atoms with Gasteiger partial charge in [-0.15, -0.1) is 4.91 Å². The van der Waals surface area contributed by atoms with Crippen LogP contribution in [0.2, 0.25) is 5.02 Å². The molecule has 36 heavy (non-hydrogen) atoms. The fourth-order valence-electron chi connectivity index (χ4n) is 4.16. The predicted molar refractivity (Wildman–Crippen MR) is 139 cm³/mol. The van der Waals surface area contributed by atoms with Crippen LogP contribution in [-0.4, -0.2) is 29.1 Å². The van der Waals surface area contributed by atoms with Gasteiger partial charge in [0.2, 0.25) is 0 Å². The van der Waals surface area contributed by atoms with Gasteiger partial charge in [-0.3, -0.25) is 14.2 Å². The van der Waals surface area contributed by atoms with Crippen molar-refractivity contribution in [1.82, 2.24) is 4.57 Å². The number of methoxy groups -OCH3 is 1. The number of rotatable bonds is 7. The van der Waals surface area contributed by atoms with E-state index in [9.17, 15) is 14.5 Å². The van der Waals surface area contributed by atoms with E-state index in [1.54, 1.807) is 48.1 Å². The van der Waals surface area contributed by atoms with Crippen molar-refractivity contribution in [3.05, 3.63) is 99.0 Å². The maximum absolute atomic E-state index is 13.6. The molecule has 0 atom stereocenters. The molecule has 1 aromatic heterocycles. The van der Waals surface area contributed by atoms with E-state index in [-0.39, 0.29) is 5.91 Å². The SMILES string of the molecule is COc1ccc2c(c1)c(Cc1ccccc1OC(C)(C)C(=O)N=O)c(C)n2C(=O)c1ccc(Cl)cc1. The minimum atomic E-state index is -1.42. The van der Waals surface area contributed by atoms with Gasteiger partial charge in [-0.1, -0.05) is 29.8 Å². The summed E-state index contributed by atoms with van der Waals surface area (Å²) in [6.45, 7) is 4.89. The zero-order valence-corrected chi connectivity index (χ0v) is 21.1. The van der Waals surface area contributed by atoms with Crippen LogP contribution in [0.1, 0.15) is 41.0 Å². The van der Waals surface area contributed by atoms with Crippen molar-refractivity contribution in [3.8, 4) is 11.5 Å². The van der Waals surface area contributed by atoms with Gasteiger partial charge < -0.3 is 9.47 Å². The number of hydrogen-bond donors (Lipinski definition) is 0. The summed E-state index contributed by atoms with van der Waals surface area (Å²) in [6.07, 6.45) is 0.408. The molecule has 184 valence electrons. The van der Waals surface area contributed by atoms with Crippen LogP contribution in [0.4, 0.5) is 0 Å². The third-order valence-corrected chi connectivity index (χ3v) is 6.39. The quantitative estimate of drug-likeness (QED) is 0.274. The molecule has 0 saturated carbocycles. The Hall–Kier alpha value is -3.97. The molecule has 1 amide bonds. The van der Waals surface area contributed by atoms with Crippen molar-refractivity contribution in [1.29, 1.82) is 0 Å². The Labute approximate surface area is 213 Å². The monoisotopic (exact) mass is 504 g/mol. The molecule has 4 aromatic rings. The van der Waals surface area contributed by atoms with Crippen molar-refractivity contribution < 1.29 is 19.1 Å². The number of carbonyl (C=O) groups excluding carboxylic acids is 2. The van der Waals surface area contributed by atoms with Crippen LogP contribution in [0.5, 0.6) is 11.5 Å². The van der Waals surface area contributed by atoms with Gasteiger partial charge in [0.05, 0.1) is 12.6 Å². The maximum Gasteiger partial charge on any atom is 0.328 e. The summed E-state index contributed by atoms with van der Waals surface area (Å²) in [4.78, 5) is 36.4. The number of nitrogens with zero attached hydrogens (tertiary/aromatic N) is 2. The van der Waals surface area contributed by atoms with Crippen LogP contribution < -0.4 is 9.47 Å². The summed E-state index contributed by atoms with van der Waals surface area (Å²) >= 11 is 6.02. The number of para-hydroxylation sites is 1. The topological polar surface area (TPSA) is 87.0 Å². The molecular weight excluding hydrogens is 480 g/mol. The molecule has 0 unspecified atom stereocenters. The first kappa shape index (κ1) is 25.1. The second-order valence-electron chi connectivity index (χ2n) is 8.89. The van der Waals surface area contributed by atoms with Gasteiger partial charge in [0.25, 0.3) is 5.91 Å². The molecule has 0 bridgehead atoms. The van der Waals surface area contributed by atoms with Crippen LogP contribution in [0, 0.1) is 11.8 Å². The molecule has 0 radical (unpaired) electrons. The number of aromatic nitrogens is 1. The lowest BCUT2D eigenvalue weighted by atomic mass is 10.0. The molecule has 8 heteroatoms. The van der Waals surface area contributed by atoms with Crippen LogP contribution in [-0.2, 0) is 11.2 Å². The molecule has 0 spiro atoms. The summed E-state index contributed by atoms with van der Waals surface area (Å²) in [5, 5.41) is 3.93. The number of amides is 1. The number of benzene rings is 3. The highest BCUT2D eigenvalue weighted by Gasteiger charge is 2.32. The van der Waals surface area contributed by atoms with E-state index in [2.05, 4.69) is 5.18 Å². The Bertz CT molecular complexity index is 1470. The summed E-state index contributed by atoms with van der Waals surface area (Å²) in [5.74, 6) is 0.0298. The lowest BCUT2D eigenvalue weighted by molar-refractivity contribution is -0.130. The van der Waals surface area contributed by atoms with Crippen LogP contribution >= 0.6 is 11.6 Å². The summed E-state index contributed by atoms with van der Waals surface area (Å²) < 4.78 is 13.1. The van der Waals surface area contributed by atoms with E-state index in [0.29, 0.717) is 28.5 Å². The van der Waals surface area contributed by atoms with Crippen molar-refractivity contribution in [2.24, 2.45) is 5.18 Å². The van der Waals surface area contributed by atoms with E-state index in [4.69, 9.17) is 21.1 Å². The third kappa shape index (κ3) is 4.75. The van der Waals surface area contributed by atoms with Crippen LogP contribution in [0.15, 0.2) is 71.9 Å². The van der Waals surface area contributed by atoms with Gasteiger partial charge in [0, 0.05) is 33.3 Å². The van der Waals surface area contributed by atoms with Gasteiger partial charge in [0.1, 0.15) is 11.5 Å². The van der Waals surface area contributed by atoms with Gasteiger partial charge in [-0.25, -0.2) is 0 Å². The molecule has 0 N–H and O–H groups in total. The smallest absolute Gasteiger partial charge is 0.328 e. The average molecular weight is 505 g/mol. The van der Waals surface area contributed by atoms with Crippen molar-refractivity contribution >= 4 is 34.3 Å². The third-order valence-electron chi connectivity index (χ3n) is 6.14. The Kier molecular flexibility index (Phi) is 6.95. The van der Waals surface area contributed by atoms with Gasteiger partial charge in [0.15, 0.2) is 5.60 Å². The highest BCUT2D eigenvalue weighted by Crippen LogP contribution is 2.34. The summed E-state index contributed by atoms with van der Waals surface area (Å²) in [6, 6.07) is 19.6. The second kappa shape index (κ2) is 9.95. The van der Waals surface area contributed by atoms with E-state index in [0.717, 1.165) is 27.7 Å². The number of halogens is 1. The van der Waals surface area contributed by atoms with Crippen molar-refractivity contribution in [3.63, 3.8) is 0 Å². The predicted octanol–water partition coefficient (Wildman–Crippen LogP) is 6.34. The minimum Gasteiger partial charge on any atom is -0.497 e. The second-order valence-corrected chi connectivity index (χ2v) is 9.32. The molecule has 0 fully saturated rings. The number of fused-ring (bicyclic) bond motifs is 1. The van der Waals surface area contributed by atoms with E-state index < -0.39 is 11.5 Å². The lowest BCUT2D eigenvalue weighted by Crippen LogP contribution is -2.37. The summed E-state index contributed by atoms with van der Waals surface area (Å²) in [5.41, 5.74) is 2.27. The van der Waals surface area contributed by atoms with Crippen molar-refractivity contribution in [2.45, 2.75) is 32.8 Å². The zero-order valence-electron chi connectivity index (χ0n) is 20.4. The first-order valence-electron chi connectivity index (χ1n) is 11.3. The number of nitroso groups, excluding NO2 is 1. The molecule has 0 aliphatic heterocycles. The molecule has 0 aliphatic rings. The Balaban J connectivity index is 1.84. The van der Waals surface area contributed by atoms with Gasteiger partial charge in [-0.2, -0.15) is 0 Å².